The average molecular weight is 427 g/mol. The minimum Gasteiger partial charge on any atom is -0.454 e. The fourth-order valence-corrected chi connectivity index (χ4v) is 4.20. The van der Waals surface area contributed by atoms with Gasteiger partial charge in [0.25, 0.3) is 5.91 Å². The maximum absolute atomic E-state index is 12.5. The minimum atomic E-state index is -0.521. The Morgan fingerprint density at radius 2 is 2.03 bits per heavy atom. The molecule has 5 rings (SSSR count). The molecule has 0 aliphatic carbocycles. The van der Waals surface area contributed by atoms with Crippen LogP contribution in [0.1, 0.15) is 12.0 Å². The predicted octanol–water partition coefficient (Wildman–Crippen LogP) is 1.28. The van der Waals surface area contributed by atoms with Crippen molar-refractivity contribution in [2.24, 2.45) is 10.1 Å². The summed E-state index contributed by atoms with van der Waals surface area (Å²) in [4.78, 5) is 30.8. The van der Waals surface area contributed by atoms with E-state index in [1.165, 1.54) is 5.01 Å². The summed E-state index contributed by atoms with van der Waals surface area (Å²) in [6.07, 6.45) is 1.67. The van der Waals surface area contributed by atoms with Crippen LogP contribution in [-0.2, 0) is 14.3 Å². The van der Waals surface area contributed by atoms with Gasteiger partial charge < -0.3 is 19.1 Å². The van der Waals surface area contributed by atoms with Gasteiger partial charge in [-0.2, -0.15) is 15.1 Å². The largest absolute Gasteiger partial charge is 0.454 e. The van der Waals surface area contributed by atoms with Crippen LogP contribution in [0.4, 0.5) is 0 Å². The van der Waals surface area contributed by atoms with Crippen molar-refractivity contribution in [1.82, 2.24) is 9.91 Å². The van der Waals surface area contributed by atoms with Gasteiger partial charge >= 0.3 is 0 Å². The van der Waals surface area contributed by atoms with E-state index in [9.17, 15) is 9.59 Å². The molecule has 2 amide bonds. The molecule has 4 heterocycles. The Morgan fingerprint density at radius 3 is 2.87 bits per heavy atom. The van der Waals surface area contributed by atoms with Crippen LogP contribution in [0.3, 0.4) is 0 Å². The average Bonchev–Trinajstić information content (AvgIpc) is 3.38. The number of rotatable bonds is 3. The molecule has 0 atom stereocenters. The van der Waals surface area contributed by atoms with Crippen LogP contribution in [0.15, 0.2) is 33.9 Å². The van der Waals surface area contributed by atoms with E-state index in [1.54, 1.807) is 29.2 Å². The Balaban J connectivity index is 1.34. The van der Waals surface area contributed by atoms with Crippen molar-refractivity contribution < 1.29 is 23.8 Å². The van der Waals surface area contributed by atoms with E-state index in [2.05, 4.69) is 10.1 Å². The molecule has 4 aliphatic rings. The molecule has 4 aliphatic heterocycles. The Hall–Kier alpha value is -3.18. The van der Waals surface area contributed by atoms with Gasteiger partial charge in [0.1, 0.15) is 5.04 Å². The van der Waals surface area contributed by atoms with E-state index in [0.29, 0.717) is 48.4 Å². The molecule has 1 saturated heterocycles. The maximum atomic E-state index is 12.5. The summed E-state index contributed by atoms with van der Waals surface area (Å²) >= 11 is 1.14. The van der Waals surface area contributed by atoms with Crippen molar-refractivity contribution in [3.05, 3.63) is 29.3 Å². The van der Waals surface area contributed by atoms with Crippen LogP contribution < -0.4 is 9.47 Å². The monoisotopic (exact) mass is 427 g/mol. The normalized spacial score (nSPS) is 21.7. The predicted molar refractivity (Wildman–Crippen MR) is 110 cm³/mol. The molecule has 0 spiro atoms. The Morgan fingerprint density at radius 1 is 1.23 bits per heavy atom. The third-order valence-electron chi connectivity index (χ3n) is 4.87. The summed E-state index contributed by atoms with van der Waals surface area (Å²) in [7, 11) is 0. The SMILES string of the molecule is N=C1/C(=C/c2ccc3c(c2)OCO3)C(=O)N=C2SC(CC(=O)N3CCOCC3)=NN12. The van der Waals surface area contributed by atoms with Crippen molar-refractivity contribution in [1.29, 1.82) is 5.41 Å². The van der Waals surface area contributed by atoms with Gasteiger partial charge in [0.2, 0.25) is 17.9 Å². The zero-order chi connectivity index (χ0) is 20.7. The molecule has 10 nitrogen and oxygen atoms in total. The first kappa shape index (κ1) is 18.8. The second-order valence-electron chi connectivity index (χ2n) is 6.80. The maximum Gasteiger partial charge on any atom is 0.283 e. The highest BCUT2D eigenvalue weighted by atomic mass is 32.2. The first-order valence-corrected chi connectivity index (χ1v) is 10.1. The van der Waals surface area contributed by atoms with Gasteiger partial charge in [-0.1, -0.05) is 6.07 Å². The zero-order valence-corrected chi connectivity index (χ0v) is 16.6. The molecule has 1 aromatic rings. The number of carbonyl (C=O) groups excluding carboxylic acids is 2. The summed E-state index contributed by atoms with van der Waals surface area (Å²) in [5, 5.41) is 14.9. The molecular weight excluding hydrogens is 410 g/mol. The molecule has 1 fully saturated rings. The summed E-state index contributed by atoms with van der Waals surface area (Å²) in [6, 6.07) is 5.26. The number of nitrogens with one attached hydrogen (secondary N) is 1. The third-order valence-corrected chi connectivity index (χ3v) is 5.78. The van der Waals surface area contributed by atoms with Crippen LogP contribution in [0.2, 0.25) is 0 Å². The van der Waals surface area contributed by atoms with Gasteiger partial charge in [-0.3, -0.25) is 15.0 Å². The highest BCUT2D eigenvalue weighted by Gasteiger charge is 2.36. The van der Waals surface area contributed by atoms with E-state index < -0.39 is 5.91 Å². The molecule has 0 radical (unpaired) electrons. The summed E-state index contributed by atoms with van der Waals surface area (Å²) in [6.45, 7) is 2.31. The number of aliphatic imine (C=N–C) groups is 1. The van der Waals surface area contributed by atoms with Gasteiger partial charge in [0, 0.05) is 13.1 Å². The van der Waals surface area contributed by atoms with Gasteiger partial charge in [-0.15, -0.1) is 0 Å². The molecule has 1 N–H and O–H groups in total. The summed E-state index contributed by atoms with van der Waals surface area (Å²) in [5.74, 6) is 0.565. The lowest BCUT2D eigenvalue weighted by Crippen LogP contribution is -2.41. The van der Waals surface area contributed by atoms with E-state index in [4.69, 9.17) is 19.6 Å². The van der Waals surface area contributed by atoms with Crippen LogP contribution in [-0.4, -0.2) is 70.9 Å². The second-order valence-corrected chi connectivity index (χ2v) is 7.84. The number of hydrazone groups is 1. The van der Waals surface area contributed by atoms with E-state index >= 15 is 0 Å². The molecule has 154 valence electrons. The number of hydrogen-bond acceptors (Lipinski definition) is 8. The van der Waals surface area contributed by atoms with Crippen molar-refractivity contribution in [3.63, 3.8) is 0 Å². The summed E-state index contributed by atoms with van der Waals surface area (Å²) < 4.78 is 15.9. The molecule has 0 aromatic heterocycles. The quantitative estimate of drug-likeness (QED) is 0.722. The fourth-order valence-electron chi connectivity index (χ4n) is 3.33. The Labute approximate surface area is 175 Å². The molecule has 30 heavy (non-hydrogen) atoms. The highest BCUT2D eigenvalue weighted by Crippen LogP contribution is 2.34. The number of morpholine rings is 1. The topological polar surface area (TPSA) is 117 Å². The van der Waals surface area contributed by atoms with E-state index in [-0.39, 0.29) is 35.7 Å². The minimum absolute atomic E-state index is 0.0565. The molecular formula is C19H17N5O5S. The van der Waals surface area contributed by atoms with Gasteiger partial charge in [0.05, 0.1) is 25.2 Å². The molecule has 11 heteroatoms. The standard InChI is InChI=1S/C19H17N5O5S/c20-17-12(7-11-1-2-13-14(8-11)29-10-28-13)18(26)21-19-24(17)22-15(30-19)9-16(25)23-3-5-27-6-4-23/h1-2,7-8,20H,3-6,9-10H2/b12-7-,20-17?. The Bertz CT molecular complexity index is 1040. The summed E-state index contributed by atoms with van der Waals surface area (Å²) in [5.41, 5.74) is 0.798. The fraction of sp³-hybridized carbons (Fsp3) is 0.316. The number of benzene rings is 1. The molecule has 0 bridgehead atoms. The smallest absolute Gasteiger partial charge is 0.283 e. The highest BCUT2D eigenvalue weighted by molar-refractivity contribution is 8.27. The number of nitrogens with zero attached hydrogens (tertiary/aromatic N) is 4. The van der Waals surface area contributed by atoms with Crippen LogP contribution in [0, 0.1) is 5.41 Å². The van der Waals surface area contributed by atoms with E-state index in [0.717, 1.165) is 11.8 Å². The first-order valence-electron chi connectivity index (χ1n) is 9.33. The number of hydrogen-bond donors (Lipinski definition) is 1. The van der Waals surface area contributed by atoms with Gasteiger partial charge in [-0.25, -0.2) is 0 Å². The van der Waals surface area contributed by atoms with Gasteiger partial charge in [-0.05, 0) is 35.5 Å². The first-order chi connectivity index (χ1) is 14.6. The third kappa shape index (κ3) is 3.46. The van der Waals surface area contributed by atoms with Crippen LogP contribution in [0.5, 0.6) is 11.5 Å². The lowest BCUT2D eigenvalue weighted by atomic mass is 10.1. The number of thioether (sulfide) groups is 1. The molecule has 0 unspecified atom stereocenters. The number of amidine groups is 2. The number of ether oxygens (including phenoxy) is 3. The van der Waals surface area contributed by atoms with Crippen LogP contribution in [0.25, 0.3) is 6.08 Å². The Kier molecular flexibility index (Phi) is 4.75. The second kappa shape index (κ2) is 7.58. The lowest BCUT2D eigenvalue weighted by Gasteiger charge is -2.26. The van der Waals surface area contributed by atoms with Crippen molar-refractivity contribution in [3.8, 4) is 11.5 Å². The molecule has 1 aromatic carbocycles. The lowest BCUT2D eigenvalue weighted by molar-refractivity contribution is -0.133. The molecule has 0 saturated carbocycles. The number of carbonyl (C=O) groups is 2. The zero-order valence-electron chi connectivity index (χ0n) is 15.8. The van der Waals surface area contributed by atoms with Crippen molar-refractivity contribution >= 4 is 45.7 Å². The van der Waals surface area contributed by atoms with E-state index in [1.807, 2.05) is 0 Å². The van der Waals surface area contributed by atoms with Crippen molar-refractivity contribution in [2.45, 2.75) is 6.42 Å². The number of amides is 2. The number of fused-ring (bicyclic) bond motifs is 2. The van der Waals surface area contributed by atoms with Crippen LogP contribution >= 0.6 is 11.8 Å². The van der Waals surface area contributed by atoms with Gasteiger partial charge in [0.15, 0.2) is 17.3 Å². The van der Waals surface area contributed by atoms with Crippen molar-refractivity contribution in [2.75, 3.05) is 33.1 Å².